The average molecular weight is 700 g/mol. The van der Waals surface area contributed by atoms with E-state index in [1.165, 1.54) is 11.4 Å². The number of nitrogens with two attached hydrogens (primary N) is 1. The molecule has 0 aliphatic carbocycles. The van der Waals surface area contributed by atoms with Crippen molar-refractivity contribution in [2.24, 2.45) is 5.16 Å². The van der Waals surface area contributed by atoms with Crippen LogP contribution in [-0.2, 0) is 36.1 Å². The summed E-state index contributed by atoms with van der Waals surface area (Å²) in [6.45, 7) is 1.33. The first-order chi connectivity index (χ1) is 21.9. The van der Waals surface area contributed by atoms with Crippen LogP contribution in [0.4, 0.5) is 9.93 Å². The van der Waals surface area contributed by atoms with Crippen molar-refractivity contribution in [3.63, 3.8) is 0 Å². The molecule has 2 unspecified atom stereocenters. The lowest BCUT2D eigenvalue weighted by Gasteiger charge is -2.44. The van der Waals surface area contributed by atoms with E-state index < -0.39 is 75.2 Å². The molecule has 2 atom stereocenters. The van der Waals surface area contributed by atoms with Gasteiger partial charge in [0.15, 0.2) is 22.4 Å². The molecule has 252 valence electrons. The topological polar surface area (TPSA) is 331 Å². The monoisotopic (exact) mass is 699 g/mol. The molecule has 24 heteroatoms. The van der Waals surface area contributed by atoms with Gasteiger partial charge in [-0.25, -0.2) is 18.9 Å². The van der Waals surface area contributed by atoms with E-state index >= 15 is 0 Å². The third-order valence-corrected chi connectivity index (χ3v) is 7.91. The number of thiazole rings is 1. The van der Waals surface area contributed by atoms with Crippen LogP contribution in [0.2, 0.25) is 0 Å². The Kier molecular flexibility index (Phi) is 9.39. The van der Waals surface area contributed by atoms with Gasteiger partial charge in [0.05, 0.1) is 18.8 Å². The Morgan fingerprint density at radius 2 is 1.94 bits per heavy atom. The van der Waals surface area contributed by atoms with Gasteiger partial charge in [-0.15, -0.1) is 11.3 Å². The Balaban J connectivity index is 1.43. The van der Waals surface area contributed by atoms with Crippen LogP contribution in [-0.4, -0.2) is 101 Å². The van der Waals surface area contributed by atoms with Crippen molar-refractivity contribution in [3.8, 4) is 17.1 Å². The van der Waals surface area contributed by atoms with Gasteiger partial charge >= 0.3 is 22.3 Å². The Bertz CT molecular complexity index is 1930. The number of anilines is 1. The number of oxime groups is 1. The minimum atomic E-state index is -5.15. The number of carbonyl (C=O) groups is 4. The molecule has 4 heterocycles. The van der Waals surface area contributed by atoms with Crippen molar-refractivity contribution in [2.75, 3.05) is 12.3 Å². The molecule has 0 spiro atoms. The summed E-state index contributed by atoms with van der Waals surface area (Å²) < 4.78 is 38.8. The van der Waals surface area contributed by atoms with Crippen LogP contribution in [0.5, 0.6) is 5.75 Å². The Morgan fingerprint density at radius 1 is 1.23 bits per heavy atom. The van der Waals surface area contributed by atoms with Gasteiger partial charge in [0.25, 0.3) is 11.8 Å². The fourth-order valence-electron chi connectivity index (χ4n) is 3.82. The standard InChI is InChI=1S/C23H25N9O13S2/c1-23(2,20(37)38)45-30-16(11-8-46-21(24)27-11)18(35)28-17-13(32(19(17)36)47(41,42)43)6-26-22(39)25-5-9-3-10(29-44-9)12-4-14(33)15(34)7-31(12)40/h3-4,7-8,13,17,34,40H,5-6H2,1-2H3,(H2,24,27)(H,28,35)(H,37,38)(H2,25,26,39)(H,41,42,43)/b30-16-. The number of carbonyl (C=O) groups excluding carboxylic acids is 3. The molecule has 9 N–H and O–H groups in total. The predicted octanol–water partition coefficient (Wildman–Crippen LogP) is -1.93. The second-order valence-corrected chi connectivity index (χ2v) is 12.2. The first kappa shape index (κ1) is 34.1. The summed E-state index contributed by atoms with van der Waals surface area (Å²) in [5.41, 5.74) is 1.96. The normalized spacial score (nSPS) is 16.7. The van der Waals surface area contributed by atoms with Crippen LogP contribution in [0.25, 0.3) is 11.4 Å². The Morgan fingerprint density at radius 3 is 2.55 bits per heavy atom. The number of β-lactam (4-membered cyclic amide) rings is 1. The summed E-state index contributed by atoms with van der Waals surface area (Å²) in [7, 11) is -5.15. The molecular weight excluding hydrogens is 674 g/mol. The number of carboxylic acids is 1. The highest BCUT2D eigenvalue weighted by atomic mass is 32.2. The van der Waals surface area contributed by atoms with E-state index in [1.54, 1.807) is 0 Å². The largest absolute Gasteiger partial charge is 0.503 e. The van der Waals surface area contributed by atoms with E-state index in [1.807, 2.05) is 0 Å². The number of nitrogens with one attached hydrogen (secondary N) is 3. The van der Waals surface area contributed by atoms with E-state index in [9.17, 15) is 52.4 Å². The van der Waals surface area contributed by atoms with Crippen LogP contribution in [0, 0.1) is 0 Å². The fraction of sp³-hybridized carbons (Fsp3) is 0.304. The third-order valence-electron chi connectivity index (χ3n) is 6.29. The molecule has 1 aliphatic heterocycles. The fourth-order valence-corrected chi connectivity index (χ4v) is 5.25. The van der Waals surface area contributed by atoms with Crippen LogP contribution < -0.4 is 27.1 Å². The molecule has 1 fully saturated rings. The minimum Gasteiger partial charge on any atom is -0.503 e. The Hall–Kier alpha value is -5.75. The van der Waals surface area contributed by atoms with Gasteiger partial charge in [-0.3, -0.25) is 18.9 Å². The summed E-state index contributed by atoms with van der Waals surface area (Å²) in [4.78, 5) is 70.2. The average Bonchev–Trinajstić information content (AvgIpc) is 3.62. The highest BCUT2D eigenvalue weighted by Crippen LogP contribution is 2.24. The number of rotatable bonds is 12. The Labute approximate surface area is 266 Å². The predicted molar refractivity (Wildman–Crippen MR) is 155 cm³/mol. The second kappa shape index (κ2) is 12.9. The number of nitrogens with zero attached hydrogens (tertiary/aromatic N) is 5. The summed E-state index contributed by atoms with van der Waals surface area (Å²) in [6.07, 6.45) is 0.741. The maximum absolute atomic E-state index is 13.2. The smallest absolute Gasteiger partial charge is 0.362 e. The number of pyridine rings is 1. The molecule has 4 rings (SSSR count). The third kappa shape index (κ3) is 7.56. The summed E-state index contributed by atoms with van der Waals surface area (Å²) >= 11 is 0.897. The van der Waals surface area contributed by atoms with Gasteiger partial charge in [0, 0.05) is 24.1 Å². The van der Waals surface area contributed by atoms with Crippen molar-refractivity contribution in [1.82, 2.24) is 35.1 Å². The van der Waals surface area contributed by atoms with Crippen molar-refractivity contribution in [1.29, 1.82) is 0 Å². The molecule has 4 amide bonds. The molecule has 47 heavy (non-hydrogen) atoms. The number of aliphatic carboxylic acids is 1. The number of aromatic nitrogens is 3. The maximum Gasteiger partial charge on any atom is 0.362 e. The van der Waals surface area contributed by atoms with Crippen LogP contribution >= 0.6 is 11.3 Å². The SMILES string of the molecule is CC(C)(O/N=C(\C(=O)NC1C(=O)N(S(=O)(=O)O)C1CNC(=O)NCc1cc(-c2cc(=O)c(O)cn2O)no1)c1csc(N)n1)C(=O)O. The minimum absolute atomic E-state index is 0.00102. The molecule has 3 aromatic heterocycles. The molecular formula is C23H25N9O13S2. The lowest BCUT2D eigenvalue weighted by atomic mass is 9.98. The van der Waals surface area contributed by atoms with Crippen molar-refractivity contribution < 1.29 is 56.9 Å². The molecule has 3 aromatic rings. The molecule has 1 aliphatic rings. The summed E-state index contributed by atoms with van der Waals surface area (Å²) in [5, 5.41) is 43.9. The van der Waals surface area contributed by atoms with E-state index in [0.29, 0.717) is 4.73 Å². The van der Waals surface area contributed by atoms with Gasteiger partial charge < -0.3 is 46.5 Å². The van der Waals surface area contributed by atoms with Gasteiger partial charge in [-0.05, 0) is 13.8 Å². The highest BCUT2D eigenvalue weighted by molar-refractivity contribution is 7.84. The summed E-state index contributed by atoms with van der Waals surface area (Å²) in [5.74, 6) is -4.56. The zero-order valence-electron chi connectivity index (χ0n) is 24.0. The molecule has 22 nitrogen and oxygen atoms in total. The van der Waals surface area contributed by atoms with Crippen LogP contribution in [0.3, 0.4) is 0 Å². The second-order valence-electron chi connectivity index (χ2n) is 10.0. The van der Waals surface area contributed by atoms with Crippen molar-refractivity contribution in [2.45, 2.75) is 38.1 Å². The molecule has 0 bridgehead atoms. The van der Waals surface area contributed by atoms with Gasteiger partial charge in [-0.1, -0.05) is 10.3 Å². The van der Waals surface area contributed by atoms with Gasteiger partial charge in [-0.2, -0.15) is 13.1 Å². The number of hydrogen-bond donors (Lipinski definition) is 8. The highest BCUT2D eigenvalue weighted by Gasteiger charge is 2.54. The number of hydrogen-bond acceptors (Lipinski definition) is 16. The number of nitrogen functional groups attached to an aromatic ring is 1. The van der Waals surface area contributed by atoms with Gasteiger partial charge in [0.2, 0.25) is 11.0 Å². The molecule has 1 saturated heterocycles. The van der Waals surface area contributed by atoms with E-state index in [4.69, 9.17) is 15.1 Å². The number of amides is 4. The van der Waals surface area contributed by atoms with Crippen molar-refractivity contribution in [3.05, 3.63) is 45.4 Å². The number of carboxylic acid groups (broad SMARTS) is 1. The van der Waals surface area contributed by atoms with Crippen molar-refractivity contribution >= 4 is 56.3 Å². The van der Waals surface area contributed by atoms with Gasteiger partial charge in [0.1, 0.15) is 23.1 Å². The maximum atomic E-state index is 13.2. The van der Waals surface area contributed by atoms with Crippen LogP contribution in [0.1, 0.15) is 25.3 Å². The zero-order chi connectivity index (χ0) is 34.8. The van der Waals surface area contributed by atoms with Crippen LogP contribution in [0.15, 0.2) is 38.2 Å². The summed E-state index contributed by atoms with van der Waals surface area (Å²) in [6, 6.07) is -1.98. The molecule has 0 saturated carbocycles. The molecule has 0 aromatic carbocycles. The molecule has 0 radical (unpaired) electrons. The number of urea groups is 1. The first-order valence-corrected chi connectivity index (χ1v) is 15.1. The first-order valence-electron chi connectivity index (χ1n) is 12.8. The van der Waals surface area contributed by atoms with E-state index in [-0.39, 0.29) is 38.8 Å². The zero-order valence-corrected chi connectivity index (χ0v) is 25.6. The van der Waals surface area contributed by atoms with E-state index in [2.05, 4.69) is 31.2 Å². The van der Waals surface area contributed by atoms with E-state index in [0.717, 1.165) is 37.4 Å². The lowest BCUT2D eigenvalue weighted by molar-refractivity contribution is -0.161. The number of aromatic hydroxyl groups is 1. The quantitative estimate of drug-likeness (QED) is 0.0335. The lowest BCUT2D eigenvalue weighted by Crippen LogP contribution is -2.74.